The second-order valence-electron chi connectivity index (χ2n) is 5.33. The van der Waals surface area contributed by atoms with Crippen LogP contribution < -0.4 is 0 Å². The lowest BCUT2D eigenvalue weighted by Crippen LogP contribution is -2.41. The third-order valence-corrected chi connectivity index (χ3v) is 3.38. The van der Waals surface area contributed by atoms with Crippen LogP contribution >= 0.6 is 0 Å². The fourth-order valence-corrected chi connectivity index (χ4v) is 1.67. The molecule has 1 heterocycles. The van der Waals surface area contributed by atoms with Gasteiger partial charge in [0.15, 0.2) is 0 Å². The first kappa shape index (κ1) is 13.5. The molecule has 1 aliphatic heterocycles. The van der Waals surface area contributed by atoms with Crippen LogP contribution in [-0.4, -0.2) is 29.4 Å². The first-order valence-electron chi connectivity index (χ1n) is 5.82. The second-order valence-corrected chi connectivity index (χ2v) is 5.33. The number of carboxylic acids is 1. The molecule has 0 unspecified atom stereocenters. The fraction of sp³-hybridized carbons (Fsp3) is 0.909. The Balaban J connectivity index is 2.29. The minimum atomic E-state index is -0.742. The third-order valence-electron chi connectivity index (χ3n) is 3.38. The van der Waals surface area contributed by atoms with Gasteiger partial charge in [0.1, 0.15) is 0 Å². The number of hydrogen-bond acceptors (Lipinski definition) is 3. The Bertz CT molecular complexity index is 247. The molecule has 0 aromatic carbocycles. The molecule has 1 rings (SSSR count). The van der Waals surface area contributed by atoms with Crippen molar-refractivity contribution in [3.05, 3.63) is 0 Å². The molecule has 1 fully saturated rings. The molecule has 4 nitrogen and oxygen atoms in total. The highest BCUT2D eigenvalue weighted by atomic mass is 16.7. The Hall–Kier alpha value is -0.545. The SMILES string of the molecule is CC1(C)OB(CCCCC(=O)O)OC1(C)C. The molecule has 1 saturated heterocycles. The summed E-state index contributed by atoms with van der Waals surface area (Å²) in [6.45, 7) is 8.07. The maximum atomic E-state index is 10.3. The summed E-state index contributed by atoms with van der Waals surface area (Å²) in [7, 11) is -0.196. The topological polar surface area (TPSA) is 55.8 Å². The van der Waals surface area contributed by atoms with Crippen LogP contribution in [0.3, 0.4) is 0 Å². The van der Waals surface area contributed by atoms with Crippen molar-refractivity contribution in [2.24, 2.45) is 0 Å². The monoisotopic (exact) mass is 228 g/mol. The average Bonchev–Trinajstić information content (AvgIpc) is 2.29. The third kappa shape index (κ3) is 3.22. The van der Waals surface area contributed by atoms with E-state index in [9.17, 15) is 4.79 Å². The highest BCUT2D eigenvalue weighted by molar-refractivity contribution is 6.45. The van der Waals surface area contributed by atoms with E-state index in [-0.39, 0.29) is 24.7 Å². The molecule has 0 aliphatic carbocycles. The molecular formula is C11H21BO4. The van der Waals surface area contributed by atoms with Crippen LogP contribution in [0.5, 0.6) is 0 Å². The van der Waals surface area contributed by atoms with Gasteiger partial charge in [0, 0.05) is 6.42 Å². The van der Waals surface area contributed by atoms with E-state index in [0.29, 0.717) is 6.42 Å². The van der Waals surface area contributed by atoms with Crippen LogP contribution in [0.2, 0.25) is 6.32 Å². The summed E-state index contributed by atoms with van der Waals surface area (Å²) in [5, 5.41) is 8.51. The molecule has 0 atom stereocenters. The Morgan fingerprint density at radius 1 is 1.12 bits per heavy atom. The summed E-state index contributed by atoms with van der Waals surface area (Å²) in [5.74, 6) is -0.742. The molecule has 0 bridgehead atoms. The summed E-state index contributed by atoms with van der Waals surface area (Å²) in [6.07, 6.45) is 2.49. The summed E-state index contributed by atoms with van der Waals surface area (Å²) < 4.78 is 11.6. The van der Waals surface area contributed by atoms with Gasteiger partial charge >= 0.3 is 13.1 Å². The number of rotatable bonds is 5. The average molecular weight is 228 g/mol. The van der Waals surface area contributed by atoms with E-state index >= 15 is 0 Å². The predicted molar refractivity (Wildman–Crippen MR) is 62.4 cm³/mol. The quantitative estimate of drug-likeness (QED) is 0.579. The van der Waals surface area contributed by atoms with Gasteiger partial charge in [0.05, 0.1) is 11.2 Å². The molecule has 0 aromatic rings. The van der Waals surface area contributed by atoms with Crippen molar-refractivity contribution in [1.82, 2.24) is 0 Å². The zero-order valence-corrected chi connectivity index (χ0v) is 10.6. The Labute approximate surface area is 97.5 Å². The second kappa shape index (κ2) is 4.76. The summed E-state index contributed by atoms with van der Waals surface area (Å²) in [5.41, 5.74) is -0.574. The molecule has 0 spiro atoms. The predicted octanol–water partition coefficient (Wildman–Crippen LogP) is 2.33. The van der Waals surface area contributed by atoms with Gasteiger partial charge in [0.25, 0.3) is 0 Å². The minimum absolute atomic E-state index is 0.196. The molecule has 0 aromatic heterocycles. The lowest BCUT2D eigenvalue weighted by molar-refractivity contribution is -0.137. The zero-order chi connectivity index (χ0) is 12.4. The molecule has 16 heavy (non-hydrogen) atoms. The van der Waals surface area contributed by atoms with Crippen LogP contribution in [-0.2, 0) is 14.1 Å². The number of carboxylic acid groups (broad SMARTS) is 1. The van der Waals surface area contributed by atoms with Gasteiger partial charge in [-0.1, -0.05) is 6.42 Å². The minimum Gasteiger partial charge on any atom is -0.481 e. The molecule has 0 radical (unpaired) electrons. The van der Waals surface area contributed by atoms with Crippen LogP contribution in [0.25, 0.3) is 0 Å². The van der Waals surface area contributed by atoms with Crippen molar-refractivity contribution >= 4 is 13.1 Å². The van der Waals surface area contributed by atoms with Crippen LogP contribution in [0.1, 0.15) is 47.0 Å². The number of carbonyl (C=O) groups is 1. The Kier molecular flexibility index (Phi) is 4.02. The lowest BCUT2D eigenvalue weighted by Gasteiger charge is -2.32. The summed E-state index contributed by atoms with van der Waals surface area (Å²) in [4.78, 5) is 10.3. The first-order chi connectivity index (χ1) is 7.24. The Morgan fingerprint density at radius 2 is 1.62 bits per heavy atom. The van der Waals surface area contributed by atoms with Gasteiger partial charge in [-0.15, -0.1) is 0 Å². The zero-order valence-electron chi connectivity index (χ0n) is 10.6. The first-order valence-corrected chi connectivity index (χ1v) is 5.82. The van der Waals surface area contributed by atoms with Gasteiger partial charge < -0.3 is 14.4 Å². The maximum Gasteiger partial charge on any atom is 0.457 e. The molecule has 1 N–H and O–H groups in total. The van der Waals surface area contributed by atoms with Crippen LogP contribution in [0.15, 0.2) is 0 Å². The van der Waals surface area contributed by atoms with Crippen molar-refractivity contribution in [3.63, 3.8) is 0 Å². The standard InChI is InChI=1S/C11H21BO4/c1-10(2)11(3,4)16-12(15-10)8-6-5-7-9(13)14/h5-8H2,1-4H3,(H,13,14). The van der Waals surface area contributed by atoms with Crippen LogP contribution in [0, 0.1) is 0 Å². The van der Waals surface area contributed by atoms with Crippen molar-refractivity contribution in [3.8, 4) is 0 Å². The summed E-state index contributed by atoms with van der Waals surface area (Å²) in [6, 6.07) is 0. The molecular weight excluding hydrogens is 207 g/mol. The van der Waals surface area contributed by atoms with Crippen molar-refractivity contribution in [2.75, 3.05) is 0 Å². The largest absolute Gasteiger partial charge is 0.481 e. The van der Waals surface area contributed by atoms with E-state index in [1.165, 1.54) is 0 Å². The highest BCUT2D eigenvalue weighted by Crippen LogP contribution is 2.38. The van der Waals surface area contributed by atoms with E-state index in [1.807, 2.05) is 27.7 Å². The molecule has 92 valence electrons. The smallest absolute Gasteiger partial charge is 0.457 e. The fourth-order valence-electron chi connectivity index (χ4n) is 1.67. The van der Waals surface area contributed by atoms with Gasteiger partial charge in [0.2, 0.25) is 0 Å². The number of unbranched alkanes of at least 4 members (excludes halogenated alkanes) is 1. The summed E-state index contributed by atoms with van der Waals surface area (Å²) >= 11 is 0. The van der Waals surface area contributed by atoms with Crippen molar-refractivity contribution < 1.29 is 19.2 Å². The molecule has 5 heteroatoms. The van der Waals surface area contributed by atoms with Crippen molar-refractivity contribution in [1.29, 1.82) is 0 Å². The van der Waals surface area contributed by atoms with E-state index in [1.54, 1.807) is 0 Å². The molecule has 0 amide bonds. The molecule has 1 aliphatic rings. The van der Waals surface area contributed by atoms with Gasteiger partial charge in [-0.05, 0) is 40.4 Å². The van der Waals surface area contributed by atoms with Gasteiger partial charge in [-0.25, -0.2) is 0 Å². The maximum absolute atomic E-state index is 10.3. The normalized spacial score (nSPS) is 22.4. The Morgan fingerprint density at radius 3 is 2.06 bits per heavy atom. The van der Waals surface area contributed by atoms with E-state index < -0.39 is 5.97 Å². The number of hydrogen-bond donors (Lipinski definition) is 1. The van der Waals surface area contributed by atoms with Gasteiger partial charge in [-0.2, -0.15) is 0 Å². The number of aliphatic carboxylic acids is 1. The molecule has 0 saturated carbocycles. The highest BCUT2D eigenvalue weighted by Gasteiger charge is 2.50. The van der Waals surface area contributed by atoms with Gasteiger partial charge in [-0.3, -0.25) is 4.79 Å². The lowest BCUT2D eigenvalue weighted by atomic mass is 9.82. The van der Waals surface area contributed by atoms with E-state index in [4.69, 9.17) is 14.4 Å². The van der Waals surface area contributed by atoms with E-state index in [2.05, 4.69) is 0 Å². The van der Waals surface area contributed by atoms with Crippen molar-refractivity contribution in [2.45, 2.75) is 64.5 Å². The van der Waals surface area contributed by atoms with E-state index in [0.717, 1.165) is 12.7 Å². The van der Waals surface area contributed by atoms with Crippen LogP contribution in [0.4, 0.5) is 0 Å².